The first-order valence-electron chi connectivity index (χ1n) is 18.7. The third-order valence-corrected chi connectivity index (χ3v) is 10.6. The van der Waals surface area contributed by atoms with Crippen LogP contribution in [-0.4, -0.2) is 108 Å². The van der Waals surface area contributed by atoms with Crippen LogP contribution in [0, 0.1) is 23.7 Å². The van der Waals surface area contributed by atoms with Gasteiger partial charge in [-0.2, -0.15) is 10.2 Å². The molecule has 4 heterocycles. The highest BCUT2D eigenvalue weighted by Crippen LogP contribution is 2.30. The number of likely N-dealkylation sites (tertiary alicyclic amines) is 2. The number of hydrogen-bond donors (Lipinski definition) is 4. The van der Waals surface area contributed by atoms with Crippen molar-refractivity contribution in [1.82, 2.24) is 35.5 Å². The molecular weight excluding hydrogens is 729 g/mol. The second kappa shape index (κ2) is 16.1. The van der Waals surface area contributed by atoms with Crippen molar-refractivity contribution in [3.05, 3.63) is 93.6 Å². The molecule has 3 amide bonds. The van der Waals surface area contributed by atoms with Crippen molar-refractivity contribution in [2.45, 2.75) is 69.5 Å². The van der Waals surface area contributed by atoms with Gasteiger partial charge in [0.05, 0.1) is 18.0 Å². The fraction of sp³-hybridized carbons (Fsp3) is 0.381. The Morgan fingerprint density at radius 2 is 1.23 bits per heavy atom. The van der Waals surface area contributed by atoms with Crippen LogP contribution in [0.1, 0.15) is 87.2 Å². The third kappa shape index (κ3) is 7.78. The van der Waals surface area contributed by atoms with E-state index in [-0.39, 0.29) is 18.0 Å². The van der Waals surface area contributed by atoms with Crippen LogP contribution in [0.3, 0.4) is 0 Å². The lowest BCUT2D eigenvalue weighted by atomic mass is 10.0. The summed E-state index contributed by atoms with van der Waals surface area (Å²) in [6.07, 6.45) is 5.83. The molecule has 2 aliphatic heterocycles. The quantitative estimate of drug-likeness (QED) is 0.171. The first-order chi connectivity index (χ1) is 26.8. The first kappa shape index (κ1) is 40.4. The highest BCUT2D eigenvalue weighted by Gasteiger charge is 2.43. The summed E-state index contributed by atoms with van der Waals surface area (Å²) < 4.78 is 8.68. The molecule has 7 N–H and O–H groups in total. The number of carbonyl (C=O) groups excluding carboxylic acids is 4. The van der Waals surface area contributed by atoms with Gasteiger partial charge in [-0.1, -0.05) is 35.8 Å². The lowest BCUT2D eigenvalue weighted by Crippen LogP contribution is -2.37. The van der Waals surface area contributed by atoms with Crippen LogP contribution in [0.15, 0.2) is 48.5 Å². The van der Waals surface area contributed by atoms with Crippen molar-refractivity contribution in [2.24, 2.45) is 5.73 Å². The summed E-state index contributed by atoms with van der Waals surface area (Å²) in [7, 11) is 3.30. The number of hydrogen-bond acceptors (Lipinski definition) is 10. The Morgan fingerprint density at radius 3 is 1.65 bits per heavy atom. The Bertz CT molecular complexity index is 2390. The summed E-state index contributed by atoms with van der Waals surface area (Å²) in [5.41, 5.74) is 9.69. The molecule has 0 spiro atoms. The maximum Gasteiger partial charge on any atom is 0.359 e. The van der Waals surface area contributed by atoms with E-state index < -0.39 is 23.1 Å². The fourth-order valence-corrected chi connectivity index (χ4v) is 7.58. The van der Waals surface area contributed by atoms with E-state index in [1.54, 1.807) is 30.4 Å². The summed E-state index contributed by atoms with van der Waals surface area (Å²) in [5.74, 6) is 9.63. The van der Waals surface area contributed by atoms with Gasteiger partial charge in [0.2, 0.25) is 11.2 Å². The van der Waals surface area contributed by atoms with Crippen molar-refractivity contribution in [3.8, 4) is 35.1 Å². The standard InChI is InChI=1S/C22H23N3O4.C20H20N4O3.H3N/c1-3-29-20(26)19-17-8-5-9-18(17)25(23-19)16-7-4-6-15(14-16)10-11-22(28)12-13-24(2)21(22)27;1-23-11-10-20(27,19(23)26)9-8-13-4-2-5-14(12-13)24-16-7-3-6-15(16)17(22-24)18(21)25;/h4,6-7,14,28H,3,5,8-9,12-13H2,1-2H3;2,4-5,12,27H,3,6-7,10-11H2,1H3,(H2,21,25);1H3/t22-;20-;/m00./s1. The van der Waals surface area contributed by atoms with Gasteiger partial charge in [-0.05, 0) is 81.8 Å². The summed E-state index contributed by atoms with van der Waals surface area (Å²) in [5, 5.41) is 29.8. The molecule has 2 aromatic heterocycles. The van der Waals surface area contributed by atoms with Crippen LogP contribution in [0.4, 0.5) is 0 Å². The monoisotopic (exact) mass is 774 g/mol. The minimum Gasteiger partial charge on any atom is -0.461 e. The number of amides is 3. The lowest BCUT2D eigenvalue weighted by molar-refractivity contribution is -0.138. The number of primary amides is 1. The van der Waals surface area contributed by atoms with E-state index in [9.17, 15) is 29.4 Å². The molecule has 0 saturated carbocycles. The highest BCUT2D eigenvalue weighted by atomic mass is 16.5. The van der Waals surface area contributed by atoms with Crippen LogP contribution in [0.5, 0.6) is 0 Å². The molecule has 2 saturated heterocycles. The third-order valence-electron chi connectivity index (χ3n) is 10.6. The van der Waals surface area contributed by atoms with E-state index >= 15 is 0 Å². The molecule has 0 radical (unpaired) electrons. The lowest BCUT2D eigenvalue weighted by Gasteiger charge is -2.13. The van der Waals surface area contributed by atoms with E-state index in [0.29, 0.717) is 55.1 Å². The van der Waals surface area contributed by atoms with Gasteiger partial charge in [0.1, 0.15) is 0 Å². The summed E-state index contributed by atoms with van der Waals surface area (Å²) in [4.78, 5) is 51.1. The molecule has 0 unspecified atom stereocenters. The van der Waals surface area contributed by atoms with Crippen LogP contribution in [0.25, 0.3) is 11.4 Å². The Hall–Kier alpha value is -6.26. The van der Waals surface area contributed by atoms with Crippen molar-refractivity contribution in [2.75, 3.05) is 33.8 Å². The molecule has 57 heavy (non-hydrogen) atoms. The maximum absolute atomic E-state index is 12.3. The number of carbonyl (C=O) groups is 4. The largest absolute Gasteiger partial charge is 0.461 e. The molecule has 2 fully saturated rings. The number of fused-ring (bicyclic) bond motifs is 2. The second-order valence-electron chi connectivity index (χ2n) is 14.4. The van der Waals surface area contributed by atoms with Crippen molar-refractivity contribution >= 4 is 23.7 Å². The SMILES string of the molecule is CCOC(=O)c1nn(-c2cccc(C#C[C@]3(O)CCN(C)C3=O)c2)c2c1CCC2.CN1CC[C@@](O)(C#Cc2cccc(-n3nc(C(N)=O)c4c3CCC4)c2)C1=O.N. The van der Waals surface area contributed by atoms with E-state index in [1.165, 1.54) is 9.80 Å². The Kier molecular flexibility index (Phi) is 11.4. The zero-order chi connectivity index (χ0) is 39.8. The average Bonchev–Trinajstić information content (AvgIpc) is 4.05. The normalized spacial score (nSPS) is 20.4. The summed E-state index contributed by atoms with van der Waals surface area (Å²) >= 11 is 0. The molecular formula is C42H46N8O7. The maximum atomic E-state index is 12.3. The van der Waals surface area contributed by atoms with Crippen LogP contribution < -0.4 is 11.9 Å². The van der Waals surface area contributed by atoms with Gasteiger partial charge in [-0.25, -0.2) is 14.2 Å². The Morgan fingerprint density at radius 1 is 0.772 bits per heavy atom. The first-order valence-corrected chi connectivity index (χ1v) is 18.7. The minimum absolute atomic E-state index is 0. The zero-order valence-corrected chi connectivity index (χ0v) is 32.3. The fourth-order valence-electron chi connectivity index (χ4n) is 7.58. The molecule has 15 heteroatoms. The molecule has 2 aromatic carbocycles. The molecule has 4 aromatic rings. The van der Waals surface area contributed by atoms with Gasteiger partial charge < -0.3 is 36.6 Å². The number of benzene rings is 2. The molecule has 2 aliphatic carbocycles. The summed E-state index contributed by atoms with van der Waals surface area (Å²) in [6, 6.07) is 14.8. The molecule has 8 rings (SSSR count). The van der Waals surface area contributed by atoms with Crippen molar-refractivity contribution in [3.63, 3.8) is 0 Å². The molecule has 296 valence electrons. The van der Waals surface area contributed by atoms with Crippen molar-refractivity contribution in [1.29, 1.82) is 0 Å². The van der Waals surface area contributed by atoms with Gasteiger partial charge >= 0.3 is 5.97 Å². The van der Waals surface area contributed by atoms with Gasteiger partial charge in [0.25, 0.3) is 17.7 Å². The van der Waals surface area contributed by atoms with E-state index in [0.717, 1.165) is 72.4 Å². The molecule has 4 aliphatic rings. The summed E-state index contributed by atoms with van der Waals surface area (Å²) in [6.45, 7) is 3.06. The van der Waals surface area contributed by atoms with Gasteiger partial charge in [0.15, 0.2) is 11.4 Å². The Balaban J connectivity index is 0.000000190. The smallest absolute Gasteiger partial charge is 0.359 e. The van der Waals surface area contributed by atoms with Gasteiger partial charge in [0, 0.05) is 73.7 Å². The van der Waals surface area contributed by atoms with Gasteiger partial charge in [-0.15, -0.1) is 0 Å². The average molecular weight is 775 g/mol. The zero-order valence-electron chi connectivity index (χ0n) is 32.3. The number of esters is 1. The van der Waals surface area contributed by atoms with Crippen molar-refractivity contribution < 1.29 is 34.1 Å². The van der Waals surface area contributed by atoms with Crippen LogP contribution in [-0.2, 0) is 40.0 Å². The predicted molar refractivity (Wildman–Crippen MR) is 209 cm³/mol. The predicted octanol–water partition coefficient (Wildman–Crippen LogP) is 2.05. The number of ether oxygens (including phenoxy) is 1. The number of likely N-dealkylation sites (N-methyl/N-ethyl adjacent to an activating group) is 2. The number of nitrogens with zero attached hydrogens (tertiary/aromatic N) is 6. The number of aliphatic hydroxyl groups is 2. The van der Waals surface area contributed by atoms with Gasteiger partial charge in [-0.3, -0.25) is 14.4 Å². The number of rotatable bonds is 5. The van der Waals surface area contributed by atoms with E-state index in [4.69, 9.17) is 10.5 Å². The minimum atomic E-state index is -1.63. The highest BCUT2D eigenvalue weighted by molar-refractivity contribution is 5.93. The second-order valence-corrected chi connectivity index (χ2v) is 14.4. The molecule has 0 bridgehead atoms. The van der Waals surface area contributed by atoms with Crippen LogP contribution in [0.2, 0.25) is 0 Å². The van der Waals surface area contributed by atoms with E-state index in [1.807, 2.05) is 48.5 Å². The molecule has 15 nitrogen and oxygen atoms in total. The Labute approximate surface area is 330 Å². The topological polar surface area (TPSA) is 221 Å². The molecule has 2 atom stereocenters. The number of aromatic nitrogens is 4. The van der Waals surface area contributed by atoms with Crippen LogP contribution >= 0.6 is 0 Å². The van der Waals surface area contributed by atoms with E-state index in [2.05, 4.69) is 33.9 Å². The number of nitrogens with two attached hydrogens (primary N) is 1.